The number of alkyl halides is 1. The largest absolute Gasteiger partial charge is 0.330 e. The summed E-state index contributed by atoms with van der Waals surface area (Å²) < 4.78 is 13.1. The van der Waals surface area contributed by atoms with Crippen LogP contribution < -0.4 is 5.73 Å². The minimum atomic E-state index is -0.748. The van der Waals surface area contributed by atoms with E-state index in [0.717, 1.165) is 6.42 Å². The fraction of sp³-hybridized carbons (Fsp3) is 1.00. The highest BCUT2D eigenvalue weighted by molar-refractivity contribution is 4.76. The van der Waals surface area contributed by atoms with Gasteiger partial charge in [0.2, 0.25) is 0 Å². The van der Waals surface area contributed by atoms with E-state index in [-0.39, 0.29) is 5.41 Å². The average molecular weight is 147 g/mol. The zero-order valence-electron chi connectivity index (χ0n) is 7.15. The maximum absolute atomic E-state index is 13.1. The van der Waals surface area contributed by atoms with Crippen LogP contribution in [0.4, 0.5) is 4.39 Å². The first kappa shape index (κ1) is 9.89. The van der Waals surface area contributed by atoms with Crippen molar-refractivity contribution < 1.29 is 4.39 Å². The van der Waals surface area contributed by atoms with Crippen LogP contribution in [0.5, 0.6) is 0 Å². The minimum absolute atomic E-state index is 0.195. The molecule has 0 spiro atoms. The van der Waals surface area contributed by atoms with Gasteiger partial charge in [0, 0.05) is 0 Å². The molecule has 2 heteroatoms. The van der Waals surface area contributed by atoms with E-state index in [4.69, 9.17) is 5.73 Å². The number of hydrogen-bond acceptors (Lipinski definition) is 1. The van der Waals surface area contributed by atoms with Crippen LogP contribution in [0.15, 0.2) is 0 Å². The van der Waals surface area contributed by atoms with Gasteiger partial charge in [-0.25, -0.2) is 4.39 Å². The second kappa shape index (κ2) is 3.91. The van der Waals surface area contributed by atoms with E-state index in [9.17, 15) is 4.39 Å². The second-order valence-electron chi connectivity index (χ2n) is 3.39. The molecule has 0 saturated heterocycles. The Labute approximate surface area is 62.8 Å². The average Bonchev–Trinajstić information content (AvgIpc) is 1.89. The highest BCUT2D eigenvalue weighted by Crippen LogP contribution is 2.28. The summed E-state index contributed by atoms with van der Waals surface area (Å²) in [4.78, 5) is 0. The third-order valence-corrected chi connectivity index (χ3v) is 2.18. The summed E-state index contributed by atoms with van der Waals surface area (Å²) in [7, 11) is 0. The molecule has 62 valence electrons. The van der Waals surface area contributed by atoms with E-state index >= 15 is 0 Å². The lowest BCUT2D eigenvalue weighted by atomic mass is 9.83. The second-order valence-corrected chi connectivity index (χ2v) is 3.39. The third-order valence-electron chi connectivity index (χ3n) is 2.18. The molecule has 0 fully saturated rings. The molecular formula is C8H18FN. The molecule has 0 aromatic rings. The lowest BCUT2D eigenvalue weighted by Gasteiger charge is -2.26. The maximum atomic E-state index is 13.1. The number of nitrogens with two attached hydrogens (primary N) is 1. The SMILES string of the molecule is CCC(C)(C)C(F)CCN. The van der Waals surface area contributed by atoms with Crippen LogP contribution in [0, 0.1) is 5.41 Å². The standard InChI is InChI=1S/C8H18FN/c1-4-8(2,3)7(9)5-6-10/h7H,4-6,10H2,1-3H3. The molecule has 0 aliphatic carbocycles. The summed E-state index contributed by atoms with van der Waals surface area (Å²) in [5, 5.41) is 0. The molecular weight excluding hydrogens is 129 g/mol. The molecule has 0 aromatic heterocycles. The van der Waals surface area contributed by atoms with Crippen molar-refractivity contribution in [3.63, 3.8) is 0 Å². The van der Waals surface area contributed by atoms with Gasteiger partial charge in [-0.3, -0.25) is 0 Å². The van der Waals surface area contributed by atoms with E-state index in [1.54, 1.807) is 0 Å². The smallest absolute Gasteiger partial charge is 0.106 e. The Morgan fingerprint density at radius 2 is 2.00 bits per heavy atom. The molecule has 0 bridgehead atoms. The van der Waals surface area contributed by atoms with Gasteiger partial charge in [0.05, 0.1) is 0 Å². The predicted octanol–water partition coefficient (Wildman–Crippen LogP) is 2.11. The minimum Gasteiger partial charge on any atom is -0.330 e. The van der Waals surface area contributed by atoms with Crippen molar-refractivity contribution in [1.82, 2.24) is 0 Å². The summed E-state index contributed by atoms with van der Waals surface area (Å²) in [5.41, 5.74) is 5.05. The summed E-state index contributed by atoms with van der Waals surface area (Å²) >= 11 is 0. The normalized spacial score (nSPS) is 15.3. The molecule has 2 N–H and O–H groups in total. The van der Waals surface area contributed by atoms with Crippen molar-refractivity contribution in [3.8, 4) is 0 Å². The lowest BCUT2D eigenvalue weighted by molar-refractivity contribution is 0.131. The molecule has 0 radical (unpaired) electrons. The van der Waals surface area contributed by atoms with Gasteiger partial charge < -0.3 is 5.73 Å². The van der Waals surface area contributed by atoms with Gasteiger partial charge in [-0.1, -0.05) is 20.8 Å². The molecule has 0 aliphatic heterocycles. The van der Waals surface area contributed by atoms with E-state index < -0.39 is 6.17 Å². The van der Waals surface area contributed by atoms with Crippen LogP contribution in [0.1, 0.15) is 33.6 Å². The van der Waals surface area contributed by atoms with Crippen molar-refractivity contribution in [2.45, 2.75) is 39.8 Å². The zero-order chi connectivity index (χ0) is 8.20. The fourth-order valence-corrected chi connectivity index (χ4v) is 0.759. The molecule has 0 aliphatic rings. The Kier molecular flexibility index (Phi) is 3.87. The summed E-state index contributed by atoms with van der Waals surface area (Å²) in [6.07, 6.45) is 0.608. The van der Waals surface area contributed by atoms with Gasteiger partial charge in [-0.15, -0.1) is 0 Å². The van der Waals surface area contributed by atoms with Gasteiger partial charge in [-0.2, -0.15) is 0 Å². The maximum Gasteiger partial charge on any atom is 0.106 e. The van der Waals surface area contributed by atoms with Crippen molar-refractivity contribution >= 4 is 0 Å². The van der Waals surface area contributed by atoms with Crippen molar-refractivity contribution in [1.29, 1.82) is 0 Å². The Balaban J connectivity index is 3.78. The molecule has 0 rings (SSSR count). The monoisotopic (exact) mass is 147 g/mol. The van der Waals surface area contributed by atoms with Gasteiger partial charge in [0.15, 0.2) is 0 Å². The number of hydrogen-bond donors (Lipinski definition) is 1. The van der Waals surface area contributed by atoms with E-state index in [1.807, 2.05) is 20.8 Å². The molecule has 0 saturated carbocycles. The van der Waals surface area contributed by atoms with E-state index in [1.165, 1.54) is 0 Å². The van der Waals surface area contributed by atoms with Gasteiger partial charge in [-0.05, 0) is 24.8 Å². The van der Waals surface area contributed by atoms with Crippen LogP contribution in [0.2, 0.25) is 0 Å². The van der Waals surface area contributed by atoms with Crippen molar-refractivity contribution in [2.24, 2.45) is 11.1 Å². The van der Waals surface area contributed by atoms with Crippen LogP contribution in [-0.2, 0) is 0 Å². The van der Waals surface area contributed by atoms with Crippen LogP contribution in [-0.4, -0.2) is 12.7 Å². The third kappa shape index (κ3) is 2.65. The first-order valence-electron chi connectivity index (χ1n) is 3.88. The van der Waals surface area contributed by atoms with Gasteiger partial charge in [0.1, 0.15) is 6.17 Å². The highest BCUT2D eigenvalue weighted by atomic mass is 19.1. The lowest BCUT2D eigenvalue weighted by Crippen LogP contribution is -2.26. The zero-order valence-corrected chi connectivity index (χ0v) is 7.15. The fourth-order valence-electron chi connectivity index (χ4n) is 0.759. The summed E-state index contributed by atoms with van der Waals surface area (Å²) in [5.74, 6) is 0. The van der Waals surface area contributed by atoms with Crippen LogP contribution >= 0.6 is 0 Å². The Morgan fingerprint density at radius 1 is 1.50 bits per heavy atom. The molecule has 10 heavy (non-hydrogen) atoms. The topological polar surface area (TPSA) is 26.0 Å². The Morgan fingerprint density at radius 3 is 2.30 bits per heavy atom. The van der Waals surface area contributed by atoms with Crippen LogP contribution in [0.25, 0.3) is 0 Å². The Bertz CT molecular complexity index is 91.3. The number of rotatable bonds is 4. The molecule has 0 amide bonds. The first-order chi connectivity index (χ1) is 4.54. The van der Waals surface area contributed by atoms with Crippen molar-refractivity contribution in [3.05, 3.63) is 0 Å². The molecule has 0 aromatic carbocycles. The predicted molar refractivity (Wildman–Crippen MR) is 42.6 cm³/mol. The van der Waals surface area contributed by atoms with E-state index in [0.29, 0.717) is 13.0 Å². The van der Waals surface area contributed by atoms with Crippen LogP contribution in [0.3, 0.4) is 0 Å². The molecule has 1 nitrogen and oxygen atoms in total. The van der Waals surface area contributed by atoms with Gasteiger partial charge >= 0.3 is 0 Å². The summed E-state index contributed by atoms with van der Waals surface area (Å²) in [6, 6.07) is 0. The highest BCUT2D eigenvalue weighted by Gasteiger charge is 2.26. The first-order valence-corrected chi connectivity index (χ1v) is 3.88. The summed E-state index contributed by atoms with van der Waals surface area (Å²) in [6.45, 7) is 6.33. The van der Waals surface area contributed by atoms with E-state index in [2.05, 4.69) is 0 Å². The number of halogens is 1. The van der Waals surface area contributed by atoms with Crippen molar-refractivity contribution in [2.75, 3.05) is 6.54 Å². The quantitative estimate of drug-likeness (QED) is 0.647. The molecule has 1 atom stereocenters. The molecule has 0 heterocycles. The molecule has 1 unspecified atom stereocenters. The van der Waals surface area contributed by atoms with Gasteiger partial charge in [0.25, 0.3) is 0 Å². The Hall–Kier alpha value is -0.110.